The van der Waals surface area contributed by atoms with Crippen molar-refractivity contribution in [2.45, 2.75) is 26.2 Å². The fourth-order valence-electron chi connectivity index (χ4n) is 2.45. The Morgan fingerprint density at radius 2 is 1.84 bits per heavy atom. The topological polar surface area (TPSA) is 75.6 Å². The van der Waals surface area contributed by atoms with Gasteiger partial charge >= 0.3 is 5.97 Å². The number of hydrogen-bond acceptors (Lipinski definition) is 3. The highest BCUT2D eigenvalue weighted by Crippen LogP contribution is 2.19. The lowest BCUT2D eigenvalue weighted by atomic mass is 9.99. The van der Waals surface area contributed by atoms with Gasteiger partial charge in [-0.2, -0.15) is 0 Å². The van der Waals surface area contributed by atoms with Crippen molar-refractivity contribution in [2.75, 3.05) is 13.2 Å². The molecule has 2 N–H and O–H groups in total. The van der Waals surface area contributed by atoms with E-state index in [4.69, 9.17) is 4.74 Å². The Labute approximate surface area is 147 Å². The fourth-order valence-corrected chi connectivity index (χ4v) is 2.45. The molecule has 0 bridgehead atoms. The summed E-state index contributed by atoms with van der Waals surface area (Å²) in [4.78, 5) is 23.4. The van der Waals surface area contributed by atoms with Gasteiger partial charge in [-0.05, 0) is 36.6 Å². The maximum atomic E-state index is 12.0. The molecule has 0 aromatic heterocycles. The highest BCUT2D eigenvalue weighted by atomic mass is 16.5. The third-order valence-corrected chi connectivity index (χ3v) is 3.93. The van der Waals surface area contributed by atoms with Gasteiger partial charge in [-0.1, -0.05) is 42.5 Å². The van der Waals surface area contributed by atoms with Gasteiger partial charge in [-0.3, -0.25) is 9.59 Å². The summed E-state index contributed by atoms with van der Waals surface area (Å²) in [5, 5.41) is 12.0. The van der Waals surface area contributed by atoms with E-state index in [9.17, 15) is 14.7 Å². The van der Waals surface area contributed by atoms with Gasteiger partial charge in [0.05, 0.1) is 18.9 Å². The summed E-state index contributed by atoms with van der Waals surface area (Å²) in [6, 6.07) is 14.8. The van der Waals surface area contributed by atoms with Crippen molar-refractivity contribution in [3.63, 3.8) is 0 Å². The Morgan fingerprint density at radius 3 is 2.52 bits per heavy atom. The van der Waals surface area contributed by atoms with Crippen LogP contribution in [0.15, 0.2) is 48.5 Å². The number of aliphatic carboxylic acids is 1. The fraction of sp³-hybridized carbons (Fsp3) is 0.300. The van der Waals surface area contributed by atoms with E-state index in [2.05, 4.69) is 5.32 Å². The number of hydrogen-bond donors (Lipinski definition) is 2. The van der Waals surface area contributed by atoms with E-state index in [0.29, 0.717) is 5.56 Å². The van der Waals surface area contributed by atoms with E-state index in [0.717, 1.165) is 16.9 Å². The summed E-state index contributed by atoms with van der Waals surface area (Å²) in [6.07, 6.45) is 0.175. The smallest absolute Gasteiger partial charge is 0.312 e. The molecule has 5 nitrogen and oxygen atoms in total. The first-order valence-corrected chi connectivity index (χ1v) is 8.22. The number of carboxylic acid groups (broad SMARTS) is 1. The Kier molecular flexibility index (Phi) is 6.57. The number of benzene rings is 2. The number of carboxylic acids is 1. The van der Waals surface area contributed by atoms with E-state index in [1.807, 2.05) is 38.1 Å². The lowest BCUT2D eigenvalue weighted by Crippen LogP contribution is -2.32. The normalized spacial score (nSPS) is 11.6. The molecule has 2 rings (SSSR count). The van der Waals surface area contributed by atoms with Crippen molar-refractivity contribution in [1.29, 1.82) is 0 Å². The third kappa shape index (κ3) is 5.64. The van der Waals surface area contributed by atoms with Crippen LogP contribution in [-0.2, 0) is 9.59 Å². The second-order valence-corrected chi connectivity index (χ2v) is 5.97. The quantitative estimate of drug-likeness (QED) is 0.774. The molecular weight excluding hydrogens is 318 g/mol. The van der Waals surface area contributed by atoms with E-state index in [1.54, 1.807) is 24.3 Å². The van der Waals surface area contributed by atoms with Crippen LogP contribution in [0.25, 0.3) is 0 Å². The molecule has 0 spiro atoms. The van der Waals surface area contributed by atoms with E-state index >= 15 is 0 Å². The second kappa shape index (κ2) is 8.87. The van der Waals surface area contributed by atoms with Crippen molar-refractivity contribution in [2.24, 2.45) is 0 Å². The highest BCUT2D eigenvalue weighted by molar-refractivity contribution is 5.79. The first-order valence-electron chi connectivity index (χ1n) is 8.22. The van der Waals surface area contributed by atoms with Crippen LogP contribution in [0.3, 0.4) is 0 Å². The summed E-state index contributed by atoms with van der Waals surface area (Å²) in [7, 11) is 0. The Hall–Kier alpha value is -2.82. The number of ether oxygens (including phenoxy) is 1. The molecule has 1 amide bonds. The van der Waals surface area contributed by atoms with Crippen molar-refractivity contribution in [3.8, 4) is 5.75 Å². The molecule has 1 unspecified atom stereocenters. The maximum Gasteiger partial charge on any atom is 0.312 e. The van der Waals surface area contributed by atoms with E-state index in [-0.39, 0.29) is 25.5 Å². The molecule has 2 aromatic rings. The molecule has 0 radical (unpaired) electrons. The first-order chi connectivity index (χ1) is 12.0. The maximum absolute atomic E-state index is 12.0. The lowest BCUT2D eigenvalue weighted by molar-refractivity contribution is -0.138. The zero-order valence-electron chi connectivity index (χ0n) is 14.5. The zero-order valence-corrected chi connectivity index (χ0v) is 14.5. The molecule has 25 heavy (non-hydrogen) atoms. The van der Waals surface area contributed by atoms with Gasteiger partial charge < -0.3 is 15.2 Å². The van der Waals surface area contributed by atoms with Crippen LogP contribution in [0.1, 0.15) is 29.0 Å². The third-order valence-electron chi connectivity index (χ3n) is 3.93. The van der Waals surface area contributed by atoms with Crippen LogP contribution in [0.4, 0.5) is 0 Å². The van der Waals surface area contributed by atoms with E-state index in [1.165, 1.54) is 0 Å². The number of aryl methyl sites for hydroxylation is 2. The summed E-state index contributed by atoms with van der Waals surface area (Å²) in [6.45, 7) is 4.24. The van der Waals surface area contributed by atoms with Crippen molar-refractivity contribution < 1.29 is 19.4 Å². The summed E-state index contributed by atoms with van der Waals surface area (Å²) >= 11 is 0. The molecular formula is C20H23NO4. The average molecular weight is 341 g/mol. The van der Waals surface area contributed by atoms with Gasteiger partial charge in [-0.15, -0.1) is 0 Å². The van der Waals surface area contributed by atoms with Crippen LogP contribution >= 0.6 is 0 Å². The molecule has 1 atom stereocenters. The second-order valence-electron chi connectivity index (χ2n) is 5.97. The summed E-state index contributed by atoms with van der Waals surface area (Å²) < 4.78 is 5.65. The van der Waals surface area contributed by atoms with Crippen LogP contribution < -0.4 is 10.1 Å². The standard InChI is InChI=1S/C20H23NO4/c1-14-8-9-15(2)18(12-14)25-11-10-19(22)21-13-17(20(23)24)16-6-4-3-5-7-16/h3-9,12,17H,10-11,13H2,1-2H3,(H,21,22)(H,23,24). The zero-order chi connectivity index (χ0) is 18.2. The minimum Gasteiger partial charge on any atom is -0.493 e. The molecule has 0 saturated heterocycles. The highest BCUT2D eigenvalue weighted by Gasteiger charge is 2.20. The molecule has 0 aliphatic rings. The molecule has 0 saturated carbocycles. The minimum absolute atomic E-state index is 0.0572. The molecule has 0 aliphatic carbocycles. The monoisotopic (exact) mass is 341 g/mol. The lowest BCUT2D eigenvalue weighted by Gasteiger charge is -2.14. The van der Waals surface area contributed by atoms with Gasteiger partial charge in [0.25, 0.3) is 0 Å². The predicted octanol–water partition coefficient (Wildman–Crippen LogP) is 3.06. The van der Waals surface area contributed by atoms with E-state index < -0.39 is 11.9 Å². The van der Waals surface area contributed by atoms with Gasteiger partial charge in [0.15, 0.2) is 0 Å². The first kappa shape index (κ1) is 18.5. The van der Waals surface area contributed by atoms with Gasteiger partial charge in [0, 0.05) is 6.54 Å². The predicted molar refractivity (Wildman–Crippen MR) is 95.9 cm³/mol. The van der Waals surface area contributed by atoms with Crippen molar-refractivity contribution in [1.82, 2.24) is 5.32 Å². The molecule has 132 valence electrons. The van der Waals surface area contributed by atoms with Crippen LogP contribution in [0.2, 0.25) is 0 Å². The molecule has 5 heteroatoms. The van der Waals surface area contributed by atoms with Crippen LogP contribution in [0.5, 0.6) is 5.75 Å². The van der Waals surface area contributed by atoms with Gasteiger partial charge in [0.1, 0.15) is 5.75 Å². The van der Waals surface area contributed by atoms with Crippen LogP contribution in [0, 0.1) is 13.8 Å². The average Bonchev–Trinajstić information content (AvgIpc) is 2.59. The van der Waals surface area contributed by atoms with Crippen molar-refractivity contribution in [3.05, 3.63) is 65.2 Å². The molecule has 0 aliphatic heterocycles. The largest absolute Gasteiger partial charge is 0.493 e. The SMILES string of the molecule is Cc1ccc(C)c(OCCC(=O)NCC(C(=O)O)c2ccccc2)c1. The number of amides is 1. The Bertz CT molecular complexity index is 728. The molecule has 2 aromatic carbocycles. The number of nitrogens with one attached hydrogen (secondary N) is 1. The molecule has 0 fully saturated rings. The van der Waals surface area contributed by atoms with Crippen molar-refractivity contribution >= 4 is 11.9 Å². The Balaban J connectivity index is 1.81. The van der Waals surface area contributed by atoms with Crippen LogP contribution in [-0.4, -0.2) is 30.1 Å². The Morgan fingerprint density at radius 1 is 1.12 bits per heavy atom. The number of carbonyl (C=O) groups excluding carboxylic acids is 1. The summed E-state index contributed by atoms with van der Waals surface area (Å²) in [5.41, 5.74) is 2.78. The number of rotatable bonds is 8. The van der Waals surface area contributed by atoms with Gasteiger partial charge in [0.2, 0.25) is 5.91 Å². The van der Waals surface area contributed by atoms with Gasteiger partial charge in [-0.25, -0.2) is 0 Å². The number of carbonyl (C=O) groups is 2. The minimum atomic E-state index is -0.960. The molecule has 0 heterocycles. The summed E-state index contributed by atoms with van der Waals surface area (Å²) in [5.74, 6) is -1.18.